The molecule has 0 aromatic carbocycles. The van der Waals surface area contributed by atoms with E-state index in [0.717, 1.165) is 19.5 Å². The highest BCUT2D eigenvalue weighted by Gasteiger charge is 2.35. The fourth-order valence-corrected chi connectivity index (χ4v) is 2.46. The number of amides is 2. The molecule has 5 nitrogen and oxygen atoms in total. The molecule has 0 bridgehead atoms. The van der Waals surface area contributed by atoms with Crippen molar-refractivity contribution >= 4 is 12.0 Å². The second-order valence-corrected chi connectivity index (χ2v) is 5.85. The predicted octanol–water partition coefficient (Wildman–Crippen LogP) is 2.02. The van der Waals surface area contributed by atoms with Crippen molar-refractivity contribution in [3.05, 3.63) is 0 Å². The molecular weight excluding hydrogens is 232 g/mol. The molecule has 1 N–H and O–H groups in total. The number of hydrogen-bond acceptors (Lipinski definition) is 2. The Bertz CT molecular complexity index is 328. The molecule has 1 fully saturated rings. The number of aliphatic carboxylic acids is 1. The van der Waals surface area contributed by atoms with Crippen molar-refractivity contribution in [2.24, 2.45) is 5.41 Å². The minimum absolute atomic E-state index is 0.00316. The van der Waals surface area contributed by atoms with Crippen LogP contribution in [0.25, 0.3) is 0 Å². The van der Waals surface area contributed by atoms with Gasteiger partial charge < -0.3 is 14.9 Å². The van der Waals surface area contributed by atoms with Gasteiger partial charge in [-0.25, -0.2) is 4.79 Å². The summed E-state index contributed by atoms with van der Waals surface area (Å²) in [6.45, 7) is 10.0. The van der Waals surface area contributed by atoms with Gasteiger partial charge in [0.15, 0.2) is 0 Å². The largest absolute Gasteiger partial charge is 0.481 e. The highest BCUT2D eigenvalue weighted by atomic mass is 16.4. The molecule has 1 unspecified atom stereocenters. The highest BCUT2D eigenvalue weighted by molar-refractivity contribution is 5.76. The van der Waals surface area contributed by atoms with Crippen LogP contribution in [0.2, 0.25) is 0 Å². The molecule has 2 amide bonds. The third-order valence-electron chi connectivity index (χ3n) is 3.54. The van der Waals surface area contributed by atoms with E-state index in [4.69, 9.17) is 5.11 Å². The molecule has 0 saturated carbocycles. The number of carboxylic acid groups (broad SMARTS) is 1. The zero-order valence-corrected chi connectivity index (χ0v) is 11.8. The van der Waals surface area contributed by atoms with Crippen molar-refractivity contribution < 1.29 is 14.7 Å². The number of likely N-dealkylation sites (tertiary alicyclic amines) is 1. The van der Waals surface area contributed by atoms with Gasteiger partial charge in [0.1, 0.15) is 0 Å². The molecule has 1 aliphatic heterocycles. The second kappa shape index (κ2) is 5.59. The van der Waals surface area contributed by atoms with E-state index in [1.54, 1.807) is 11.8 Å². The van der Waals surface area contributed by atoms with Gasteiger partial charge in [0.05, 0.1) is 6.42 Å². The Morgan fingerprint density at radius 3 is 2.44 bits per heavy atom. The van der Waals surface area contributed by atoms with Gasteiger partial charge in [-0.3, -0.25) is 4.79 Å². The fraction of sp³-hybridized carbons (Fsp3) is 0.846. The molecule has 1 atom stereocenters. The monoisotopic (exact) mass is 256 g/mol. The molecule has 0 aliphatic carbocycles. The summed E-state index contributed by atoms with van der Waals surface area (Å²) in [4.78, 5) is 26.6. The van der Waals surface area contributed by atoms with E-state index in [9.17, 15) is 9.59 Å². The van der Waals surface area contributed by atoms with Crippen LogP contribution in [0.1, 0.15) is 40.5 Å². The Hall–Kier alpha value is -1.26. The minimum atomic E-state index is -0.865. The van der Waals surface area contributed by atoms with Gasteiger partial charge in [0, 0.05) is 25.7 Å². The van der Waals surface area contributed by atoms with Gasteiger partial charge in [-0.2, -0.15) is 0 Å². The van der Waals surface area contributed by atoms with Crippen LogP contribution in [0.5, 0.6) is 0 Å². The minimum Gasteiger partial charge on any atom is -0.481 e. The topological polar surface area (TPSA) is 60.9 Å². The quantitative estimate of drug-likeness (QED) is 0.837. The summed E-state index contributed by atoms with van der Waals surface area (Å²) in [6, 6.07) is -0.291. The molecule has 1 rings (SSSR count). The van der Waals surface area contributed by atoms with E-state index in [2.05, 4.69) is 13.8 Å². The van der Waals surface area contributed by atoms with E-state index < -0.39 is 5.97 Å². The smallest absolute Gasteiger partial charge is 0.320 e. The summed E-state index contributed by atoms with van der Waals surface area (Å²) >= 11 is 0. The summed E-state index contributed by atoms with van der Waals surface area (Å²) < 4.78 is 0. The van der Waals surface area contributed by atoms with Crippen LogP contribution in [0.4, 0.5) is 4.79 Å². The van der Waals surface area contributed by atoms with Gasteiger partial charge in [0.2, 0.25) is 0 Å². The zero-order chi connectivity index (χ0) is 13.9. The predicted molar refractivity (Wildman–Crippen MR) is 69.5 cm³/mol. The molecule has 1 aliphatic rings. The number of nitrogens with zero attached hydrogens (tertiary/aromatic N) is 2. The van der Waals surface area contributed by atoms with Crippen LogP contribution in [0.3, 0.4) is 0 Å². The molecule has 5 heteroatoms. The van der Waals surface area contributed by atoms with E-state index in [1.165, 1.54) is 0 Å². The lowest BCUT2D eigenvalue weighted by molar-refractivity contribution is -0.138. The van der Waals surface area contributed by atoms with E-state index in [0.29, 0.717) is 6.54 Å². The van der Waals surface area contributed by atoms with Gasteiger partial charge in [-0.15, -0.1) is 0 Å². The Balaban J connectivity index is 2.65. The van der Waals surface area contributed by atoms with Crippen molar-refractivity contribution in [2.75, 3.05) is 19.6 Å². The van der Waals surface area contributed by atoms with Crippen LogP contribution in [0, 0.1) is 5.41 Å². The Labute approximate surface area is 109 Å². The van der Waals surface area contributed by atoms with Gasteiger partial charge in [0.25, 0.3) is 0 Å². The SMILES string of the molecule is CCN(C(=O)N1CCC(C)(C)C1)C(C)CC(=O)O. The first-order valence-electron chi connectivity index (χ1n) is 6.54. The summed E-state index contributed by atoms with van der Waals surface area (Å²) in [5.41, 5.74) is 0.172. The Morgan fingerprint density at radius 2 is 2.06 bits per heavy atom. The van der Waals surface area contributed by atoms with Gasteiger partial charge in [-0.1, -0.05) is 13.8 Å². The number of carbonyl (C=O) groups excluding carboxylic acids is 1. The van der Waals surface area contributed by atoms with E-state index >= 15 is 0 Å². The van der Waals surface area contributed by atoms with Gasteiger partial charge in [-0.05, 0) is 25.7 Å². The lowest BCUT2D eigenvalue weighted by Gasteiger charge is -2.32. The standard InChI is InChI=1S/C13H24N2O3/c1-5-15(10(2)8-11(16)17)12(18)14-7-6-13(3,4)9-14/h10H,5-9H2,1-4H3,(H,16,17). The van der Waals surface area contributed by atoms with Crippen molar-refractivity contribution in [1.29, 1.82) is 0 Å². The molecular formula is C13H24N2O3. The molecule has 18 heavy (non-hydrogen) atoms. The normalized spacial score (nSPS) is 19.7. The van der Waals surface area contributed by atoms with Crippen LogP contribution in [-0.4, -0.2) is 52.6 Å². The molecule has 0 radical (unpaired) electrons. The maximum absolute atomic E-state index is 12.3. The van der Waals surface area contributed by atoms with Crippen LogP contribution < -0.4 is 0 Å². The number of urea groups is 1. The summed E-state index contributed by atoms with van der Waals surface area (Å²) in [6.07, 6.45) is 1.00. The maximum Gasteiger partial charge on any atom is 0.320 e. The molecule has 0 aromatic rings. The number of carbonyl (C=O) groups is 2. The fourth-order valence-electron chi connectivity index (χ4n) is 2.46. The number of rotatable bonds is 4. The molecule has 1 saturated heterocycles. The van der Waals surface area contributed by atoms with Crippen molar-refractivity contribution in [1.82, 2.24) is 9.80 Å². The lowest BCUT2D eigenvalue weighted by Crippen LogP contribution is -2.47. The summed E-state index contributed by atoms with van der Waals surface area (Å²) in [5.74, 6) is -0.865. The Morgan fingerprint density at radius 1 is 1.44 bits per heavy atom. The summed E-state index contributed by atoms with van der Waals surface area (Å²) in [7, 11) is 0. The average Bonchev–Trinajstić information content (AvgIpc) is 2.58. The van der Waals surface area contributed by atoms with Crippen LogP contribution in [-0.2, 0) is 4.79 Å². The lowest BCUT2D eigenvalue weighted by atomic mass is 9.93. The molecule has 0 spiro atoms. The molecule has 1 heterocycles. The third kappa shape index (κ3) is 3.62. The summed E-state index contributed by atoms with van der Waals surface area (Å²) in [5, 5.41) is 8.81. The second-order valence-electron chi connectivity index (χ2n) is 5.85. The zero-order valence-electron chi connectivity index (χ0n) is 11.8. The van der Waals surface area contributed by atoms with Crippen LogP contribution in [0.15, 0.2) is 0 Å². The first-order chi connectivity index (χ1) is 8.26. The third-order valence-corrected chi connectivity index (χ3v) is 3.54. The van der Waals surface area contributed by atoms with Crippen molar-refractivity contribution in [3.8, 4) is 0 Å². The van der Waals surface area contributed by atoms with E-state index in [-0.39, 0.29) is 23.9 Å². The molecule has 104 valence electrons. The number of hydrogen-bond donors (Lipinski definition) is 1. The highest BCUT2D eigenvalue weighted by Crippen LogP contribution is 2.29. The average molecular weight is 256 g/mol. The first-order valence-corrected chi connectivity index (χ1v) is 6.54. The van der Waals surface area contributed by atoms with E-state index in [1.807, 2.05) is 11.8 Å². The number of carboxylic acids is 1. The van der Waals surface area contributed by atoms with Crippen LogP contribution >= 0.6 is 0 Å². The van der Waals surface area contributed by atoms with Gasteiger partial charge >= 0.3 is 12.0 Å². The maximum atomic E-state index is 12.3. The van der Waals surface area contributed by atoms with Crippen molar-refractivity contribution in [3.63, 3.8) is 0 Å². The molecule has 0 aromatic heterocycles. The first kappa shape index (κ1) is 14.8. The Kier molecular flexibility index (Phi) is 4.59. The van der Waals surface area contributed by atoms with Crippen molar-refractivity contribution in [2.45, 2.75) is 46.6 Å².